The summed E-state index contributed by atoms with van der Waals surface area (Å²) in [6.45, 7) is 11.3. The molecule has 0 unspecified atom stereocenters. The van der Waals surface area contributed by atoms with Gasteiger partial charge in [-0.1, -0.05) is 68.4 Å². The SMILES string of the molecule is CC(C)CCN1CCCN(Cc2cccc(NC(=O)c3ccc(-c4ccccc4)cc3)c2)CC1.O=C(O)C(F)(F)F. The predicted molar refractivity (Wildman–Crippen MR) is 156 cm³/mol. The zero-order valence-corrected chi connectivity index (χ0v) is 23.5. The number of carboxylic acid groups (broad SMARTS) is 1. The number of hydrogen-bond acceptors (Lipinski definition) is 4. The van der Waals surface area contributed by atoms with E-state index in [0.29, 0.717) is 5.56 Å². The molecule has 0 radical (unpaired) electrons. The Hall–Kier alpha value is -3.69. The molecule has 1 amide bonds. The number of halogens is 3. The lowest BCUT2D eigenvalue weighted by Gasteiger charge is -2.22. The number of alkyl halides is 3. The maximum absolute atomic E-state index is 12.8. The highest BCUT2D eigenvalue weighted by atomic mass is 19.4. The van der Waals surface area contributed by atoms with Gasteiger partial charge < -0.3 is 15.3 Å². The topological polar surface area (TPSA) is 72.9 Å². The van der Waals surface area contributed by atoms with Crippen LogP contribution in [0.2, 0.25) is 0 Å². The molecule has 41 heavy (non-hydrogen) atoms. The van der Waals surface area contributed by atoms with Crippen molar-refractivity contribution in [2.45, 2.75) is 39.4 Å². The van der Waals surface area contributed by atoms with Crippen LogP contribution in [0.3, 0.4) is 0 Å². The number of rotatable bonds is 8. The van der Waals surface area contributed by atoms with Crippen molar-refractivity contribution in [3.05, 3.63) is 90.0 Å². The zero-order chi connectivity index (χ0) is 29.8. The van der Waals surface area contributed by atoms with E-state index in [2.05, 4.69) is 53.2 Å². The fourth-order valence-electron chi connectivity index (χ4n) is 4.50. The summed E-state index contributed by atoms with van der Waals surface area (Å²) in [4.78, 5) is 26.9. The van der Waals surface area contributed by atoms with Crippen molar-refractivity contribution in [1.29, 1.82) is 0 Å². The first-order valence-corrected chi connectivity index (χ1v) is 13.8. The van der Waals surface area contributed by atoms with Crippen LogP contribution >= 0.6 is 0 Å². The highest BCUT2D eigenvalue weighted by Crippen LogP contribution is 2.21. The van der Waals surface area contributed by atoms with Gasteiger partial charge in [0.2, 0.25) is 0 Å². The molecule has 1 fully saturated rings. The molecule has 1 aliphatic heterocycles. The van der Waals surface area contributed by atoms with Gasteiger partial charge in [-0.15, -0.1) is 0 Å². The van der Waals surface area contributed by atoms with E-state index in [0.717, 1.165) is 48.9 Å². The summed E-state index contributed by atoms with van der Waals surface area (Å²) in [5.74, 6) is -2.07. The summed E-state index contributed by atoms with van der Waals surface area (Å²) in [5.41, 5.74) is 5.02. The number of carbonyl (C=O) groups is 2. The second kappa shape index (κ2) is 15.3. The number of aliphatic carboxylic acids is 1. The molecule has 1 heterocycles. The summed E-state index contributed by atoms with van der Waals surface area (Å²) >= 11 is 0. The summed E-state index contributed by atoms with van der Waals surface area (Å²) in [6.07, 6.45) is -2.59. The Morgan fingerprint density at radius 3 is 2.10 bits per heavy atom. The van der Waals surface area contributed by atoms with Gasteiger partial charge in [-0.2, -0.15) is 13.2 Å². The standard InChI is InChI=1S/C30H37N3O.C2HF3O2/c1-24(2)16-19-32-17-7-18-33(21-20-32)23-25-8-6-11-29(22-25)31-30(34)28-14-12-27(13-15-28)26-9-4-3-5-10-26;3-2(4,5)1(6)7/h3-6,8-15,22,24H,7,16-21,23H2,1-2H3,(H,31,34);(H,6,7). The van der Waals surface area contributed by atoms with Crippen LogP contribution in [0.4, 0.5) is 18.9 Å². The van der Waals surface area contributed by atoms with Crippen LogP contribution < -0.4 is 5.32 Å². The molecule has 0 aliphatic carbocycles. The first-order chi connectivity index (χ1) is 19.5. The van der Waals surface area contributed by atoms with Crippen molar-refractivity contribution in [2.75, 3.05) is 38.0 Å². The Morgan fingerprint density at radius 1 is 0.854 bits per heavy atom. The lowest BCUT2D eigenvalue weighted by atomic mass is 10.0. The van der Waals surface area contributed by atoms with E-state index < -0.39 is 12.1 Å². The maximum Gasteiger partial charge on any atom is 0.490 e. The molecule has 3 aromatic rings. The summed E-state index contributed by atoms with van der Waals surface area (Å²) in [5, 5.41) is 10.2. The van der Waals surface area contributed by atoms with Crippen LogP contribution in [0.15, 0.2) is 78.9 Å². The Morgan fingerprint density at radius 2 is 1.46 bits per heavy atom. The molecule has 2 N–H and O–H groups in total. The fraction of sp³-hybridized carbons (Fsp3) is 0.375. The monoisotopic (exact) mass is 569 g/mol. The third-order valence-corrected chi connectivity index (χ3v) is 6.79. The van der Waals surface area contributed by atoms with Gasteiger partial charge in [0.1, 0.15) is 0 Å². The molecule has 220 valence electrons. The van der Waals surface area contributed by atoms with E-state index in [-0.39, 0.29) is 5.91 Å². The van der Waals surface area contributed by atoms with Gasteiger partial charge >= 0.3 is 12.1 Å². The van der Waals surface area contributed by atoms with Gasteiger partial charge in [0.25, 0.3) is 5.91 Å². The normalized spacial score (nSPS) is 14.6. The molecule has 0 saturated carbocycles. The van der Waals surface area contributed by atoms with Gasteiger partial charge in [0.05, 0.1) is 0 Å². The highest BCUT2D eigenvalue weighted by molar-refractivity contribution is 6.04. The zero-order valence-electron chi connectivity index (χ0n) is 23.5. The number of carbonyl (C=O) groups excluding carboxylic acids is 1. The number of amides is 1. The third-order valence-electron chi connectivity index (χ3n) is 6.79. The summed E-state index contributed by atoms with van der Waals surface area (Å²) < 4.78 is 31.7. The molecular weight excluding hydrogens is 531 g/mol. The van der Waals surface area contributed by atoms with Crippen LogP contribution in [0.5, 0.6) is 0 Å². The molecule has 1 saturated heterocycles. The second-order valence-electron chi connectivity index (χ2n) is 10.6. The quantitative estimate of drug-likeness (QED) is 0.313. The van der Waals surface area contributed by atoms with Gasteiger partial charge in [0.15, 0.2) is 0 Å². The first kappa shape index (κ1) is 31.8. The van der Waals surface area contributed by atoms with E-state index in [1.807, 2.05) is 54.6 Å². The Labute approximate surface area is 239 Å². The lowest BCUT2D eigenvalue weighted by Crippen LogP contribution is -2.31. The molecule has 9 heteroatoms. The largest absolute Gasteiger partial charge is 0.490 e. The minimum absolute atomic E-state index is 0.0765. The number of carboxylic acids is 1. The minimum Gasteiger partial charge on any atom is -0.475 e. The summed E-state index contributed by atoms with van der Waals surface area (Å²) in [7, 11) is 0. The van der Waals surface area contributed by atoms with Crippen LogP contribution in [0.25, 0.3) is 11.1 Å². The highest BCUT2D eigenvalue weighted by Gasteiger charge is 2.38. The van der Waals surface area contributed by atoms with E-state index in [1.54, 1.807) is 0 Å². The van der Waals surface area contributed by atoms with E-state index in [1.165, 1.54) is 31.5 Å². The average Bonchev–Trinajstić information content (AvgIpc) is 3.17. The maximum atomic E-state index is 12.8. The van der Waals surface area contributed by atoms with Gasteiger partial charge in [-0.3, -0.25) is 9.69 Å². The predicted octanol–water partition coefficient (Wildman–Crippen LogP) is 6.79. The fourth-order valence-corrected chi connectivity index (χ4v) is 4.50. The Balaban J connectivity index is 0.000000587. The molecule has 6 nitrogen and oxygen atoms in total. The third kappa shape index (κ3) is 11.0. The molecule has 0 aromatic heterocycles. The smallest absolute Gasteiger partial charge is 0.475 e. The molecule has 3 aromatic carbocycles. The van der Waals surface area contributed by atoms with Gasteiger partial charge in [-0.25, -0.2) is 4.79 Å². The number of benzene rings is 3. The van der Waals surface area contributed by atoms with Crippen molar-refractivity contribution < 1.29 is 27.9 Å². The van der Waals surface area contributed by atoms with Crippen molar-refractivity contribution >= 4 is 17.6 Å². The van der Waals surface area contributed by atoms with Crippen LogP contribution in [0, 0.1) is 5.92 Å². The number of nitrogens with one attached hydrogen (secondary N) is 1. The van der Waals surface area contributed by atoms with Gasteiger partial charge in [-0.05, 0) is 79.3 Å². The number of nitrogens with zero attached hydrogens (tertiary/aromatic N) is 2. The van der Waals surface area contributed by atoms with Crippen molar-refractivity contribution in [3.63, 3.8) is 0 Å². The number of hydrogen-bond donors (Lipinski definition) is 2. The van der Waals surface area contributed by atoms with Crippen LogP contribution in [-0.4, -0.2) is 65.7 Å². The van der Waals surface area contributed by atoms with Crippen LogP contribution in [-0.2, 0) is 11.3 Å². The number of anilines is 1. The van der Waals surface area contributed by atoms with Crippen molar-refractivity contribution in [3.8, 4) is 11.1 Å². The molecule has 0 atom stereocenters. The molecule has 1 aliphatic rings. The second-order valence-corrected chi connectivity index (χ2v) is 10.6. The van der Waals surface area contributed by atoms with E-state index in [9.17, 15) is 18.0 Å². The van der Waals surface area contributed by atoms with E-state index in [4.69, 9.17) is 9.90 Å². The Bertz CT molecular complexity index is 1250. The van der Waals surface area contributed by atoms with Crippen LogP contribution in [0.1, 0.15) is 42.6 Å². The Kier molecular flexibility index (Phi) is 11.9. The molecule has 4 rings (SSSR count). The van der Waals surface area contributed by atoms with E-state index >= 15 is 0 Å². The van der Waals surface area contributed by atoms with Crippen molar-refractivity contribution in [1.82, 2.24) is 9.80 Å². The molecule has 0 bridgehead atoms. The lowest BCUT2D eigenvalue weighted by molar-refractivity contribution is -0.192. The minimum atomic E-state index is -5.08. The van der Waals surface area contributed by atoms with Gasteiger partial charge in [0, 0.05) is 30.9 Å². The first-order valence-electron chi connectivity index (χ1n) is 13.8. The average molecular weight is 570 g/mol. The summed E-state index contributed by atoms with van der Waals surface area (Å²) in [6, 6.07) is 26.3. The molecular formula is C32H38F3N3O3. The van der Waals surface area contributed by atoms with Crippen molar-refractivity contribution in [2.24, 2.45) is 5.92 Å². The molecule has 0 spiro atoms.